The number of carbonyl (C=O) groups excluding carboxylic acids is 1. The first-order valence-electron chi connectivity index (χ1n) is 8.68. The Bertz CT molecular complexity index is 719. The lowest BCUT2D eigenvalue weighted by Gasteiger charge is -2.11. The van der Waals surface area contributed by atoms with Crippen molar-refractivity contribution in [1.29, 1.82) is 0 Å². The Morgan fingerprint density at radius 1 is 1.12 bits per heavy atom. The third kappa shape index (κ3) is 6.80. The van der Waals surface area contributed by atoms with Crippen LogP contribution in [0.5, 0.6) is 5.75 Å². The van der Waals surface area contributed by atoms with E-state index in [-0.39, 0.29) is 11.7 Å². The summed E-state index contributed by atoms with van der Waals surface area (Å²) in [7, 11) is 0. The molecule has 4 N–H and O–H groups in total. The molecule has 0 radical (unpaired) electrons. The summed E-state index contributed by atoms with van der Waals surface area (Å²) in [4.78, 5) is 20.7. The second-order valence-electron chi connectivity index (χ2n) is 5.60. The molecule has 0 bridgehead atoms. The van der Waals surface area contributed by atoms with Gasteiger partial charge in [0.15, 0.2) is 5.96 Å². The van der Waals surface area contributed by atoms with Crippen molar-refractivity contribution in [1.82, 2.24) is 20.9 Å². The molecule has 0 aliphatic rings. The first-order valence-corrected chi connectivity index (χ1v) is 8.68. The van der Waals surface area contributed by atoms with E-state index in [2.05, 4.69) is 25.9 Å². The number of aliphatic imine (C=N–C) groups is 1. The number of phenolic OH excluding ortho intramolecular Hbond substituents is 1. The molecule has 0 saturated carbocycles. The first kappa shape index (κ1) is 19.2. The number of aromatic hydroxyl groups is 1. The number of hydrogen-bond acceptors (Lipinski definition) is 4. The van der Waals surface area contributed by atoms with Gasteiger partial charge in [0.1, 0.15) is 5.75 Å². The Kier molecular flexibility index (Phi) is 7.92. The Balaban J connectivity index is 1.71. The zero-order chi connectivity index (χ0) is 18.6. The molecule has 0 unspecified atom stereocenters. The van der Waals surface area contributed by atoms with Gasteiger partial charge in [0.05, 0.1) is 12.2 Å². The molecule has 0 aliphatic carbocycles. The largest absolute Gasteiger partial charge is 0.508 e. The highest BCUT2D eigenvalue weighted by Crippen LogP contribution is 2.10. The predicted molar refractivity (Wildman–Crippen MR) is 102 cm³/mol. The summed E-state index contributed by atoms with van der Waals surface area (Å²) in [5, 5.41) is 18.6. The number of guanidine groups is 1. The molecule has 2 rings (SSSR count). The number of amides is 1. The Morgan fingerprint density at radius 3 is 2.69 bits per heavy atom. The van der Waals surface area contributed by atoms with Crippen molar-refractivity contribution in [2.75, 3.05) is 19.6 Å². The van der Waals surface area contributed by atoms with Gasteiger partial charge in [-0.25, -0.2) is 4.99 Å². The molecule has 0 fully saturated rings. The van der Waals surface area contributed by atoms with Crippen LogP contribution in [-0.4, -0.2) is 41.6 Å². The zero-order valence-electron chi connectivity index (χ0n) is 14.9. The van der Waals surface area contributed by atoms with Gasteiger partial charge >= 0.3 is 0 Å². The van der Waals surface area contributed by atoms with Gasteiger partial charge in [-0.3, -0.25) is 9.78 Å². The molecule has 7 nitrogen and oxygen atoms in total. The van der Waals surface area contributed by atoms with E-state index in [1.807, 2.05) is 25.1 Å². The minimum atomic E-state index is -0.198. The summed E-state index contributed by atoms with van der Waals surface area (Å²) in [6, 6.07) is 12.0. The molecule has 1 aromatic carbocycles. The van der Waals surface area contributed by atoms with Crippen LogP contribution in [0, 0.1) is 0 Å². The average Bonchev–Trinajstić information content (AvgIpc) is 2.66. The minimum Gasteiger partial charge on any atom is -0.508 e. The van der Waals surface area contributed by atoms with Crippen molar-refractivity contribution in [2.45, 2.75) is 19.9 Å². The van der Waals surface area contributed by atoms with E-state index in [9.17, 15) is 9.90 Å². The molecule has 2 aromatic rings. The lowest BCUT2D eigenvalue weighted by atomic mass is 10.2. The number of hydrogen-bond donors (Lipinski definition) is 4. The number of benzene rings is 1. The van der Waals surface area contributed by atoms with Crippen LogP contribution < -0.4 is 16.0 Å². The van der Waals surface area contributed by atoms with Crippen molar-refractivity contribution in [3.8, 4) is 5.75 Å². The fourth-order valence-electron chi connectivity index (χ4n) is 2.24. The van der Waals surface area contributed by atoms with Gasteiger partial charge in [-0.05, 0) is 43.7 Å². The molecule has 0 spiro atoms. The maximum absolute atomic E-state index is 12.0. The van der Waals surface area contributed by atoms with Gasteiger partial charge in [0, 0.05) is 31.4 Å². The summed E-state index contributed by atoms with van der Waals surface area (Å²) in [5.41, 5.74) is 1.35. The molecule has 0 atom stereocenters. The molecule has 26 heavy (non-hydrogen) atoms. The molecule has 1 aromatic heterocycles. The van der Waals surface area contributed by atoms with Crippen LogP contribution in [-0.2, 0) is 6.54 Å². The van der Waals surface area contributed by atoms with Gasteiger partial charge in [0.2, 0.25) is 0 Å². The summed E-state index contributed by atoms with van der Waals surface area (Å²) >= 11 is 0. The van der Waals surface area contributed by atoms with Gasteiger partial charge in [-0.2, -0.15) is 0 Å². The van der Waals surface area contributed by atoms with Gasteiger partial charge in [-0.15, -0.1) is 0 Å². The lowest BCUT2D eigenvalue weighted by molar-refractivity contribution is 0.0953. The monoisotopic (exact) mass is 355 g/mol. The van der Waals surface area contributed by atoms with E-state index in [1.54, 1.807) is 18.3 Å². The molecule has 1 heterocycles. The fraction of sp³-hybridized carbons (Fsp3) is 0.316. The number of carbonyl (C=O) groups is 1. The van der Waals surface area contributed by atoms with E-state index in [4.69, 9.17) is 0 Å². The molecule has 1 amide bonds. The van der Waals surface area contributed by atoms with Crippen LogP contribution in [0.2, 0.25) is 0 Å². The maximum Gasteiger partial charge on any atom is 0.251 e. The van der Waals surface area contributed by atoms with Crippen molar-refractivity contribution < 1.29 is 9.90 Å². The SMILES string of the molecule is CCNC(=NCc1ccccn1)NCCCNC(=O)c1cccc(O)c1. The quantitative estimate of drug-likeness (QED) is 0.328. The second-order valence-corrected chi connectivity index (χ2v) is 5.60. The molecule has 0 aliphatic heterocycles. The highest BCUT2D eigenvalue weighted by atomic mass is 16.3. The molecule has 7 heteroatoms. The van der Waals surface area contributed by atoms with Crippen molar-refractivity contribution in [3.05, 3.63) is 59.9 Å². The summed E-state index contributed by atoms with van der Waals surface area (Å²) in [6.45, 7) is 4.48. The predicted octanol–water partition coefficient (Wildman–Crippen LogP) is 1.66. The van der Waals surface area contributed by atoms with Crippen molar-refractivity contribution >= 4 is 11.9 Å². The van der Waals surface area contributed by atoms with Gasteiger partial charge < -0.3 is 21.1 Å². The van der Waals surface area contributed by atoms with Crippen molar-refractivity contribution in [2.24, 2.45) is 4.99 Å². The number of rotatable bonds is 8. The van der Waals surface area contributed by atoms with Crippen LogP contribution in [0.25, 0.3) is 0 Å². The van der Waals surface area contributed by atoms with Gasteiger partial charge in [-0.1, -0.05) is 12.1 Å². The van der Waals surface area contributed by atoms with Gasteiger partial charge in [0.25, 0.3) is 5.91 Å². The third-order valence-electron chi connectivity index (χ3n) is 3.51. The maximum atomic E-state index is 12.0. The summed E-state index contributed by atoms with van der Waals surface area (Å²) < 4.78 is 0. The highest BCUT2D eigenvalue weighted by molar-refractivity contribution is 5.94. The summed E-state index contributed by atoms with van der Waals surface area (Å²) in [5.74, 6) is 0.604. The Labute approximate surface area is 153 Å². The van der Waals surface area contributed by atoms with Crippen LogP contribution >= 0.6 is 0 Å². The molecule has 138 valence electrons. The molecule has 0 saturated heterocycles. The lowest BCUT2D eigenvalue weighted by Crippen LogP contribution is -2.38. The zero-order valence-corrected chi connectivity index (χ0v) is 14.9. The molecular formula is C19H25N5O2. The minimum absolute atomic E-state index is 0.0821. The van der Waals surface area contributed by atoms with Crippen LogP contribution in [0.1, 0.15) is 29.4 Å². The average molecular weight is 355 g/mol. The van der Waals surface area contributed by atoms with Crippen LogP contribution in [0.15, 0.2) is 53.7 Å². The Hall–Kier alpha value is -3.09. The standard InChI is InChI=1S/C19H25N5O2/c1-2-20-19(24-14-16-8-3-4-10-21-16)23-12-6-11-22-18(26)15-7-5-9-17(25)13-15/h3-5,7-10,13,25H,2,6,11-12,14H2,1H3,(H,22,26)(H2,20,23,24). The number of phenols is 1. The third-order valence-corrected chi connectivity index (χ3v) is 3.51. The van der Waals surface area contributed by atoms with E-state index in [1.165, 1.54) is 12.1 Å². The van der Waals surface area contributed by atoms with E-state index >= 15 is 0 Å². The number of pyridine rings is 1. The van der Waals surface area contributed by atoms with E-state index < -0.39 is 0 Å². The van der Waals surface area contributed by atoms with Crippen LogP contribution in [0.4, 0.5) is 0 Å². The van der Waals surface area contributed by atoms with E-state index in [0.29, 0.717) is 25.2 Å². The second kappa shape index (κ2) is 10.7. The van der Waals surface area contributed by atoms with Crippen molar-refractivity contribution in [3.63, 3.8) is 0 Å². The summed E-state index contributed by atoms with van der Waals surface area (Å²) in [6.07, 6.45) is 2.50. The molecular weight excluding hydrogens is 330 g/mol. The Morgan fingerprint density at radius 2 is 1.96 bits per heavy atom. The first-order chi connectivity index (χ1) is 12.7. The smallest absolute Gasteiger partial charge is 0.251 e. The van der Waals surface area contributed by atoms with Crippen LogP contribution in [0.3, 0.4) is 0 Å². The number of nitrogens with zero attached hydrogens (tertiary/aromatic N) is 2. The number of aromatic nitrogens is 1. The van der Waals surface area contributed by atoms with E-state index in [0.717, 1.165) is 24.6 Å². The number of nitrogens with one attached hydrogen (secondary N) is 3. The normalized spacial score (nSPS) is 11.0. The fourth-order valence-corrected chi connectivity index (χ4v) is 2.24. The topological polar surface area (TPSA) is 98.6 Å². The highest BCUT2D eigenvalue weighted by Gasteiger charge is 2.05.